The Morgan fingerprint density at radius 2 is 1.81 bits per heavy atom. The van der Waals surface area contributed by atoms with Crippen LogP contribution in [-0.4, -0.2) is 28.1 Å². The lowest BCUT2D eigenvalue weighted by Gasteiger charge is -2.10. The number of amides is 1. The molecule has 0 aliphatic heterocycles. The van der Waals surface area contributed by atoms with E-state index in [9.17, 15) is 23.1 Å². The zero-order valence-electron chi connectivity index (χ0n) is 14.3. The molecule has 7 heteroatoms. The van der Waals surface area contributed by atoms with Gasteiger partial charge in [-0.25, -0.2) is 13.2 Å². The van der Waals surface area contributed by atoms with Crippen LogP contribution in [0.3, 0.4) is 0 Å². The molecule has 0 bridgehead atoms. The largest absolute Gasteiger partial charge is 0.380 e. The number of carbonyl (C=O) groups excluding carboxylic acids is 1. The van der Waals surface area contributed by atoms with Gasteiger partial charge in [-0.2, -0.15) is 0 Å². The predicted molar refractivity (Wildman–Crippen MR) is 94.5 cm³/mol. The Balaban J connectivity index is 1.70. The Bertz CT molecular complexity index is 1020. The van der Waals surface area contributed by atoms with Crippen molar-refractivity contribution in [3.63, 3.8) is 0 Å². The number of rotatable bonds is 5. The van der Waals surface area contributed by atoms with Crippen molar-refractivity contribution in [2.24, 2.45) is 0 Å². The Hall–Kier alpha value is -2.80. The zero-order valence-corrected chi connectivity index (χ0v) is 14.3. The molecule has 1 amide bonds. The van der Waals surface area contributed by atoms with Crippen molar-refractivity contribution in [1.29, 1.82) is 0 Å². The van der Waals surface area contributed by atoms with Crippen LogP contribution in [0.15, 0.2) is 36.4 Å². The first-order chi connectivity index (χ1) is 12.9. The van der Waals surface area contributed by atoms with E-state index in [4.69, 9.17) is 0 Å². The summed E-state index contributed by atoms with van der Waals surface area (Å²) >= 11 is 0. The van der Waals surface area contributed by atoms with Crippen LogP contribution in [0.25, 0.3) is 22.2 Å². The highest BCUT2D eigenvalue weighted by atomic mass is 19.1. The molecule has 2 aromatic carbocycles. The van der Waals surface area contributed by atoms with Crippen LogP contribution in [0, 0.1) is 17.5 Å². The highest BCUT2D eigenvalue weighted by molar-refractivity contribution is 5.91. The molecular weight excluding hydrogens is 357 g/mol. The Morgan fingerprint density at radius 1 is 1.11 bits per heavy atom. The summed E-state index contributed by atoms with van der Waals surface area (Å²) in [5.41, 5.74) is 0.637. The van der Waals surface area contributed by atoms with Gasteiger partial charge in [0.25, 0.3) is 5.91 Å². The fraction of sp³-hybridized carbons (Fsp3) is 0.250. The number of hydrogen-bond acceptors (Lipinski definition) is 2. The van der Waals surface area contributed by atoms with E-state index in [1.807, 2.05) is 0 Å². The molecule has 3 aromatic rings. The number of hydrogen-bond donors (Lipinski definition) is 3. The van der Waals surface area contributed by atoms with Crippen LogP contribution >= 0.6 is 0 Å². The molecular formula is C20H17F3N2O2. The maximum atomic E-state index is 14.2. The van der Waals surface area contributed by atoms with Gasteiger partial charge in [0.1, 0.15) is 23.1 Å². The van der Waals surface area contributed by atoms with Gasteiger partial charge >= 0.3 is 0 Å². The summed E-state index contributed by atoms with van der Waals surface area (Å²) in [6.07, 6.45) is 1.16. The summed E-state index contributed by atoms with van der Waals surface area (Å²) in [6.45, 7) is 0.195. The second kappa shape index (κ2) is 6.42. The van der Waals surface area contributed by atoms with Gasteiger partial charge in [0.15, 0.2) is 0 Å². The lowest BCUT2D eigenvalue weighted by Crippen LogP contribution is -2.37. The van der Waals surface area contributed by atoms with Crippen LogP contribution in [-0.2, 0) is 11.2 Å². The summed E-state index contributed by atoms with van der Waals surface area (Å²) in [6, 6.07) is 7.68. The number of aromatic amines is 1. The molecule has 27 heavy (non-hydrogen) atoms. The number of H-pyrrole nitrogens is 1. The predicted octanol–water partition coefficient (Wildman–Crippen LogP) is 3.44. The minimum atomic E-state index is -1.28. The highest BCUT2D eigenvalue weighted by Crippen LogP contribution is 2.35. The van der Waals surface area contributed by atoms with E-state index in [0.717, 1.165) is 6.07 Å². The van der Waals surface area contributed by atoms with Gasteiger partial charge in [-0.15, -0.1) is 0 Å². The lowest BCUT2D eigenvalue weighted by molar-refractivity contribution is -0.131. The van der Waals surface area contributed by atoms with Crippen LogP contribution in [0.1, 0.15) is 18.4 Å². The quantitative estimate of drug-likeness (QED) is 0.641. The van der Waals surface area contributed by atoms with Crippen LogP contribution in [0.4, 0.5) is 13.2 Å². The van der Waals surface area contributed by atoms with E-state index in [0.29, 0.717) is 35.0 Å². The Labute approximate surface area is 153 Å². The van der Waals surface area contributed by atoms with Crippen molar-refractivity contribution in [2.45, 2.75) is 24.9 Å². The van der Waals surface area contributed by atoms with E-state index < -0.39 is 29.0 Å². The van der Waals surface area contributed by atoms with E-state index in [2.05, 4.69) is 10.3 Å². The maximum absolute atomic E-state index is 14.2. The Morgan fingerprint density at radius 3 is 2.48 bits per heavy atom. The van der Waals surface area contributed by atoms with Crippen LogP contribution in [0.2, 0.25) is 0 Å². The Kier molecular flexibility index (Phi) is 4.19. The molecule has 0 unspecified atom stereocenters. The summed E-state index contributed by atoms with van der Waals surface area (Å²) in [7, 11) is 0. The molecule has 140 valence electrons. The number of aliphatic hydroxyl groups is 1. The third kappa shape index (κ3) is 3.30. The summed E-state index contributed by atoms with van der Waals surface area (Å²) in [5, 5.41) is 12.8. The third-order valence-electron chi connectivity index (χ3n) is 4.87. The van der Waals surface area contributed by atoms with E-state index in [1.165, 1.54) is 18.2 Å². The standard InChI is InChI=1S/C20H17F3N2O2/c21-12-3-1-11(2-4-12)17-14(5-8-24-19(26)20(27)6-7-20)15-9-13(22)10-16(23)18(15)25-17/h1-4,9-10,25,27H,5-8H2,(H,24,26). The highest BCUT2D eigenvalue weighted by Gasteiger charge is 2.47. The van der Waals surface area contributed by atoms with Crippen molar-refractivity contribution >= 4 is 16.8 Å². The SMILES string of the molecule is O=C(NCCc1c(-c2ccc(F)cc2)[nH]c2c(F)cc(F)cc12)C1(O)CC1. The number of benzene rings is 2. The smallest absolute Gasteiger partial charge is 0.251 e. The molecule has 0 atom stereocenters. The summed E-state index contributed by atoms with van der Waals surface area (Å²) in [4.78, 5) is 14.8. The first-order valence-electron chi connectivity index (χ1n) is 8.63. The minimum absolute atomic E-state index is 0.151. The lowest BCUT2D eigenvalue weighted by atomic mass is 10.0. The molecule has 1 aliphatic rings. The molecule has 4 rings (SSSR count). The van der Waals surface area contributed by atoms with Gasteiger partial charge in [-0.05, 0) is 60.7 Å². The molecule has 4 nitrogen and oxygen atoms in total. The van der Waals surface area contributed by atoms with Crippen molar-refractivity contribution < 1.29 is 23.1 Å². The number of halogens is 3. The molecule has 0 spiro atoms. The molecule has 1 fully saturated rings. The zero-order chi connectivity index (χ0) is 19.2. The van der Waals surface area contributed by atoms with Gasteiger partial charge in [0.05, 0.1) is 5.52 Å². The maximum Gasteiger partial charge on any atom is 0.251 e. The van der Waals surface area contributed by atoms with Gasteiger partial charge in [0, 0.05) is 23.7 Å². The van der Waals surface area contributed by atoms with E-state index in [1.54, 1.807) is 12.1 Å². The van der Waals surface area contributed by atoms with Gasteiger partial charge < -0.3 is 15.4 Å². The molecule has 0 radical (unpaired) electrons. The van der Waals surface area contributed by atoms with Crippen molar-refractivity contribution in [1.82, 2.24) is 10.3 Å². The van der Waals surface area contributed by atoms with Crippen molar-refractivity contribution in [2.75, 3.05) is 6.54 Å². The number of carbonyl (C=O) groups is 1. The fourth-order valence-corrected chi connectivity index (χ4v) is 3.21. The summed E-state index contributed by atoms with van der Waals surface area (Å²) < 4.78 is 41.2. The fourth-order valence-electron chi connectivity index (χ4n) is 3.21. The molecule has 1 aromatic heterocycles. The van der Waals surface area contributed by atoms with Crippen molar-refractivity contribution in [3.05, 3.63) is 59.4 Å². The van der Waals surface area contributed by atoms with Crippen molar-refractivity contribution in [3.8, 4) is 11.3 Å². The van der Waals surface area contributed by atoms with Gasteiger partial charge in [-0.1, -0.05) is 0 Å². The number of fused-ring (bicyclic) bond motifs is 1. The van der Waals surface area contributed by atoms with Crippen LogP contribution < -0.4 is 5.32 Å². The molecule has 0 saturated heterocycles. The first-order valence-corrected chi connectivity index (χ1v) is 8.63. The second-order valence-corrected chi connectivity index (χ2v) is 6.83. The first kappa shape index (κ1) is 17.6. The van der Waals surface area contributed by atoms with Gasteiger partial charge in [-0.3, -0.25) is 4.79 Å². The molecule has 1 saturated carbocycles. The van der Waals surface area contributed by atoms with E-state index >= 15 is 0 Å². The monoisotopic (exact) mass is 374 g/mol. The minimum Gasteiger partial charge on any atom is -0.380 e. The summed E-state index contributed by atoms with van der Waals surface area (Å²) in [5.74, 6) is -2.28. The second-order valence-electron chi connectivity index (χ2n) is 6.83. The number of aromatic nitrogens is 1. The van der Waals surface area contributed by atoms with Crippen LogP contribution in [0.5, 0.6) is 0 Å². The molecule has 1 heterocycles. The van der Waals surface area contributed by atoms with Gasteiger partial charge in [0.2, 0.25) is 0 Å². The third-order valence-corrected chi connectivity index (χ3v) is 4.87. The molecule has 3 N–H and O–H groups in total. The number of nitrogens with one attached hydrogen (secondary N) is 2. The molecule has 1 aliphatic carbocycles. The normalized spacial score (nSPS) is 15.1. The topological polar surface area (TPSA) is 65.1 Å². The van der Waals surface area contributed by atoms with E-state index in [-0.39, 0.29) is 18.5 Å². The average molecular weight is 374 g/mol. The average Bonchev–Trinajstić information content (AvgIpc) is 3.28.